The third kappa shape index (κ3) is 3.02. The van der Waals surface area contributed by atoms with Crippen molar-refractivity contribution in [2.75, 3.05) is 0 Å². The van der Waals surface area contributed by atoms with Crippen LogP contribution in [-0.2, 0) is 0 Å². The summed E-state index contributed by atoms with van der Waals surface area (Å²) in [6.45, 7) is 0. The number of pyridine rings is 1. The minimum absolute atomic E-state index is 0.0228. The van der Waals surface area contributed by atoms with Crippen LogP contribution in [0.25, 0.3) is 11.7 Å². The fourth-order valence-electron chi connectivity index (χ4n) is 2.19. The molecule has 0 spiro atoms. The zero-order valence-corrected chi connectivity index (χ0v) is 13.5. The van der Waals surface area contributed by atoms with Crippen molar-refractivity contribution in [1.82, 2.24) is 9.38 Å². The zero-order valence-electron chi connectivity index (χ0n) is 12.0. The molecule has 0 amide bonds. The summed E-state index contributed by atoms with van der Waals surface area (Å²) in [5, 5.41) is 11.1. The SMILES string of the molecule is O=C(C=Cc1c(Cl)nc2ccccn12)c1ccc(Cl)c([N+](=O)[O-])c1. The number of hydrogen-bond acceptors (Lipinski definition) is 4. The van der Waals surface area contributed by atoms with Gasteiger partial charge >= 0.3 is 0 Å². The highest BCUT2D eigenvalue weighted by atomic mass is 35.5. The van der Waals surface area contributed by atoms with E-state index in [-0.39, 0.29) is 21.4 Å². The number of halogens is 2. The summed E-state index contributed by atoms with van der Waals surface area (Å²) in [5.41, 5.74) is 1.04. The lowest BCUT2D eigenvalue weighted by atomic mass is 10.1. The number of benzene rings is 1. The van der Waals surface area contributed by atoms with Crippen LogP contribution in [0.3, 0.4) is 0 Å². The molecule has 2 aromatic heterocycles. The lowest BCUT2D eigenvalue weighted by molar-refractivity contribution is -0.384. The number of aromatic nitrogens is 2. The molecule has 3 rings (SSSR count). The van der Waals surface area contributed by atoms with Gasteiger partial charge in [-0.15, -0.1) is 0 Å². The van der Waals surface area contributed by atoms with Crippen LogP contribution in [0.4, 0.5) is 5.69 Å². The first-order valence-electron chi connectivity index (χ1n) is 6.76. The fourth-order valence-corrected chi connectivity index (χ4v) is 2.62. The number of imidazole rings is 1. The Morgan fingerprint density at radius 2 is 2.04 bits per heavy atom. The first-order valence-corrected chi connectivity index (χ1v) is 7.52. The lowest BCUT2D eigenvalue weighted by Crippen LogP contribution is -1.97. The van der Waals surface area contributed by atoms with E-state index in [9.17, 15) is 14.9 Å². The van der Waals surface area contributed by atoms with E-state index in [0.29, 0.717) is 11.3 Å². The van der Waals surface area contributed by atoms with Gasteiger partial charge in [-0.3, -0.25) is 19.3 Å². The summed E-state index contributed by atoms with van der Waals surface area (Å²) in [6, 6.07) is 9.32. The molecule has 0 fully saturated rings. The van der Waals surface area contributed by atoms with E-state index in [1.165, 1.54) is 24.3 Å². The van der Waals surface area contributed by atoms with Gasteiger partial charge in [-0.2, -0.15) is 0 Å². The van der Waals surface area contributed by atoms with Crippen LogP contribution >= 0.6 is 23.2 Å². The number of nitro groups is 1. The maximum Gasteiger partial charge on any atom is 0.288 e. The normalized spacial score (nSPS) is 11.2. The molecule has 6 nitrogen and oxygen atoms in total. The van der Waals surface area contributed by atoms with Crippen molar-refractivity contribution in [3.8, 4) is 0 Å². The molecule has 1 aromatic carbocycles. The van der Waals surface area contributed by atoms with E-state index in [0.717, 1.165) is 6.07 Å². The molecule has 0 N–H and O–H groups in total. The minimum Gasteiger partial charge on any atom is -0.299 e. The third-order valence-electron chi connectivity index (χ3n) is 3.34. The largest absolute Gasteiger partial charge is 0.299 e. The monoisotopic (exact) mass is 361 g/mol. The van der Waals surface area contributed by atoms with Gasteiger partial charge in [-0.25, -0.2) is 4.98 Å². The van der Waals surface area contributed by atoms with Crippen LogP contribution in [-0.4, -0.2) is 20.1 Å². The van der Waals surface area contributed by atoms with Crippen molar-refractivity contribution >= 4 is 46.4 Å². The maximum atomic E-state index is 12.2. The van der Waals surface area contributed by atoms with E-state index in [2.05, 4.69) is 4.98 Å². The van der Waals surface area contributed by atoms with Crippen molar-refractivity contribution in [3.05, 3.63) is 80.2 Å². The van der Waals surface area contributed by atoms with Crippen LogP contribution < -0.4 is 0 Å². The number of carbonyl (C=O) groups is 1. The zero-order chi connectivity index (χ0) is 17.3. The van der Waals surface area contributed by atoms with E-state index in [1.54, 1.807) is 16.7 Å². The number of hydrogen-bond donors (Lipinski definition) is 0. The second kappa shape index (κ2) is 6.43. The Morgan fingerprint density at radius 3 is 2.79 bits per heavy atom. The molecule has 8 heteroatoms. The van der Waals surface area contributed by atoms with Gasteiger partial charge in [0.2, 0.25) is 0 Å². The van der Waals surface area contributed by atoms with Gasteiger partial charge in [-0.1, -0.05) is 29.3 Å². The molecule has 2 heterocycles. The first kappa shape index (κ1) is 16.2. The molecular weight excluding hydrogens is 353 g/mol. The summed E-state index contributed by atoms with van der Waals surface area (Å²) in [5.74, 6) is -0.406. The second-order valence-corrected chi connectivity index (χ2v) is 5.60. The van der Waals surface area contributed by atoms with Crippen LogP contribution in [0.2, 0.25) is 10.2 Å². The van der Waals surface area contributed by atoms with Crippen LogP contribution in [0.5, 0.6) is 0 Å². The van der Waals surface area contributed by atoms with Crippen LogP contribution in [0.15, 0.2) is 48.7 Å². The van der Waals surface area contributed by atoms with Gasteiger partial charge in [0.25, 0.3) is 5.69 Å². The highest BCUT2D eigenvalue weighted by Gasteiger charge is 2.15. The highest BCUT2D eigenvalue weighted by Crippen LogP contribution is 2.26. The van der Waals surface area contributed by atoms with E-state index >= 15 is 0 Å². The number of rotatable bonds is 4. The molecule has 0 aliphatic heterocycles. The molecule has 3 aromatic rings. The molecule has 0 saturated carbocycles. The summed E-state index contributed by atoms with van der Waals surface area (Å²) in [4.78, 5) is 26.7. The van der Waals surface area contributed by atoms with Crippen molar-refractivity contribution in [1.29, 1.82) is 0 Å². The van der Waals surface area contributed by atoms with Crippen LogP contribution in [0, 0.1) is 10.1 Å². The predicted octanol–water partition coefficient (Wildman–Crippen LogP) is 4.45. The Kier molecular flexibility index (Phi) is 4.33. The molecule has 0 saturated heterocycles. The van der Waals surface area contributed by atoms with E-state index in [4.69, 9.17) is 23.2 Å². The second-order valence-electron chi connectivity index (χ2n) is 4.84. The molecule has 120 valence electrons. The first-order chi connectivity index (χ1) is 11.5. The van der Waals surface area contributed by atoms with Gasteiger partial charge in [-0.05, 0) is 36.4 Å². The number of ketones is 1. The average Bonchev–Trinajstić information content (AvgIpc) is 2.88. The third-order valence-corrected chi connectivity index (χ3v) is 3.94. The molecule has 0 radical (unpaired) electrons. The van der Waals surface area contributed by atoms with Crippen LogP contribution in [0.1, 0.15) is 16.1 Å². The fraction of sp³-hybridized carbons (Fsp3) is 0. The lowest BCUT2D eigenvalue weighted by Gasteiger charge is -1.99. The van der Waals surface area contributed by atoms with Crippen molar-refractivity contribution in [3.63, 3.8) is 0 Å². The minimum atomic E-state index is -0.635. The Hall–Kier alpha value is -2.70. The van der Waals surface area contributed by atoms with E-state index < -0.39 is 10.7 Å². The van der Waals surface area contributed by atoms with Gasteiger partial charge < -0.3 is 0 Å². The van der Waals surface area contributed by atoms with Gasteiger partial charge in [0.15, 0.2) is 10.9 Å². The van der Waals surface area contributed by atoms with Crippen molar-refractivity contribution in [2.45, 2.75) is 0 Å². The Morgan fingerprint density at radius 1 is 1.25 bits per heavy atom. The topological polar surface area (TPSA) is 77.5 Å². The Bertz CT molecular complexity index is 995. The molecule has 0 aliphatic rings. The number of nitrogens with zero attached hydrogens (tertiary/aromatic N) is 3. The number of allylic oxidation sites excluding steroid dienone is 1. The standard InChI is InChI=1S/C16H9Cl2N3O3/c17-11-5-4-10(9-13(11)21(23)24)14(22)7-6-12-16(18)19-15-3-1-2-8-20(12)15/h1-9H. The maximum absolute atomic E-state index is 12.2. The summed E-state index contributed by atoms with van der Waals surface area (Å²) in [6.07, 6.45) is 4.58. The summed E-state index contributed by atoms with van der Waals surface area (Å²) in [7, 11) is 0. The molecule has 0 unspecified atom stereocenters. The van der Waals surface area contributed by atoms with E-state index in [1.807, 2.05) is 12.1 Å². The van der Waals surface area contributed by atoms with Crippen molar-refractivity contribution < 1.29 is 9.72 Å². The quantitative estimate of drug-likeness (QED) is 0.297. The van der Waals surface area contributed by atoms with Gasteiger partial charge in [0, 0.05) is 17.8 Å². The van der Waals surface area contributed by atoms with Crippen molar-refractivity contribution in [2.24, 2.45) is 0 Å². The highest BCUT2D eigenvalue weighted by molar-refractivity contribution is 6.33. The summed E-state index contributed by atoms with van der Waals surface area (Å²) < 4.78 is 1.73. The number of fused-ring (bicyclic) bond motifs is 1. The molecule has 0 atom stereocenters. The molecular formula is C16H9Cl2N3O3. The predicted molar refractivity (Wildman–Crippen MR) is 91.7 cm³/mol. The number of carbonyl (C=O) groups excluding carboxylic acids is 1. The molecule has 24 heavy (non-hydrogen) atoms. The number of nitro benzene ring substituents is 1. The average molecular weight is 362 g/mol. The summed E-state index contributed by atoms with van der Waals surface area (Å²) >= 11 is 11.8. The Labute approximate surface area is 146 Å². The Balaban J connectivity index is 1.94. The van der Waals surface area contributed by atoms with Gasteiger partial charge in [0.05, 0.1) is 10.6 Å². The molecule has 0 bridgehead atoms. The smallest absolute Gasteiger partial charge is 0.288 e. The molecule has 0 aliphatic carbocycles. The van der Waals surface area contributed by atoms with Gasteiger partial charge in [0.1, 0.15) is 10.7 Å².